The lowest BCUT2D eigenvalue weighted by Crippen LogP contribution is -2.11. The van der Waals surface area contributed by atoms with Gasteiger partial charge in [-0.3, -0.25) is 0 Å². The lowest BCUT2D eigenvalue weighted by molar-refractivity contribution is 0.0520. The van der Waals surface area contributed by atoms with Gasteiger partial charge in [0.15, 0.2) is 5.82 Å². The zero-order valence-electron chi connectivity index (χ0n) is 11.9. The molecule has 2 aromatic rings. The zero-order chi connectivity index (χ0) is 15.1. The van der Waals surface area contributed by atoms with E-state index in [9.17, 15) is 4.79 Å². The Bertz CT molecular complexity index is 583. The molecule has 112 valence electrons. The van der Waals surface area contributed by atoms with Crippen molar-refractivity contribution in [2.75, 3.05) is 18.9 Å². The van der Waals surface area contributed by atoms with E-state index in [1.165, 1.54) is 4.68 Å². The molecule has 1 aromatic carbocycles. The number of para-hydroxylation sites is 1. The zero-order valence-corrected chi connectivity index (χ0v) is 11.9. The third-order valence-corrected chi connectivity index (χ3v) is 2.77. The van der Waals surface area contributed by atoms with Crippen LogP contribution in [0.3, 0.4) is 0 Å². The molecule has 21 heavy (non-hydrogen) atoms. The molecule has 1 aromatic heterocycles. The molecule has 0 saturated heterocycles. The summed E-state index contributed by atoms with van der Waals surface area (Å²) >= 11 is 0. The van der Waals surface area contributed by atoms with Crippen LogP contribution in [0.4, 0.5) is 5.82 Å². The monoisotopic (exact) mass is 290 g/mol. The number of nitrogens with zero attached hydrogens (tertiary/aromatic N) is 3. The van der Waals surface area contributed by atoms with Gasteiger partial charge >= 0.3 is 5.97 Å². The maximum absolute atomic E-state index is 11.6. The van der Waals surface area contributed by atoms with Gasteiger partial charge in [0.1, 0.15) is 5.75 Å². The largest absolute Gasteiger partial charge is 0.494 e. The highest BCUT2D eigenvalue weighted by atomic mass is 16.5. The van der Waals surface area contributed by atoms with E-state index in [1.54, 1.807) is 6.92 Å². The van der Waals surface area contributed by atoms with Crippen LogP contribution in [0.2, 0.25) is 0 Å². The molecule has 0 saturated carbocycles. The molecule has 2 rings (SSSR count). The van der Waals surface area contributed by atoms with Crippen molar-refractivity contribution in [1.29, 1.82) is 0 Å². The summed E-state index contributed by atoms with van der Waals surface area (Å²) in [5.74, 6) is 0.478. The fourth-order valence-corrected chi connectivity index (χ4v) is 1.75. The molecule has 0 aliphatic rings. The van der Waals surface area contributed by atoms with E-state index in [1.807, 2.05) is 30.3 Å². The SMILES string of the molecule is CCOC(=O)c1nnn(CCCOc2ccccc2)c1N. The first kappa shape index (κ1) is 14.8. The predicted octanol–water partition coefficient (Wildman–Crippen LogP) is 1.51. The van der Waals surface area contributed by atoms with E-state index < -0.39 is 5.97 Å². The molecule has 0 atom stereocenters. The molecule has 0 bridgehead atoms. The Morgan fingerprint density at radius 2 is 2.10 bits per heavy atom. The second kappa shape index (κ2) is 7.28. The molecule has 7 nitrogen and oxygen atoms in total. The fourth-order valence-electron chi connectivity index (χ4n) is 1.75. The molecular weight excluding hydrogens is 272 g/mol. The van der Waals surface area contributed by atoms with Crippen LogP contribution in [0.5, 0.6) is 5.75 Å². The smallest absolute Gasteiger partial charge is 0.362 e. The standard InChI is InChI=1S/C14H18N4O3/c1-2-20-14(19)12-13(15)18(17-16-12)9-6-10-21-11-7-4-3-5-8-11/h3-5,7-8H,2,6,9-10,15H2,1H3. The van der Waals surface area contributed by atoms with Crippen molar-refractivity contribution in [1.82, 2.24) is 15.0 Å². The highest BCUT2D eigenvalue weighted by molar-refractivity contribution is 5.91. The lowest BCUT2D eigenvalue weighted by atomic mass is 10.3. The van der Waals surface area contributed by atoms with Crippen molar-refractivity contribution >= 4 is 11.8 Å². The summed E-state index contributed by atoms with van der Waals surface area (Å²) in [5.41, 5.74) is 5.88. The second-order valence-corrected chi connectivity index (χ2v) is 4.28. The third kappa shape index (κ3) is 3.95. The van der Waals surface area contributed by atoms with Crippen LogP contribution in [0, 0.1) is 0 Å². The Kier molecular flexibility index (Phi) is 5.14. The van der Waals surface area contributed by atoms with Crippen molar-refractivity contribution in [3.05, 3.63) is 36.0 Å². The average Bonchev–Trinajstić information content (AvgIpc) is 2.86. The molecule has 7 heteroatoms. The van der Waals surface area contributed by atoms with Gasteiger partial charge in [0.2, 0.25) is 5.69 Å². The second-order valence-electron chi connectivity index (χ2n) is 4.28. The normalized spacial score (nSPS) is 10.3. The van der Waals surface area contributed by atoms with Gasteiger partial charge in [0, 0.05) is 13.0 Å². The first-order valence-electron chi connectivity index (χ1n) is 6.76. The summed E-state index contributed by atoms with van der Waals surface area (Å²) in [6, 6.07) is 9.54. The van der Waals surface area contributed by atoms with E-state index in [0.717, 1.165) is 5.75 Å². The number of rotatable bonds is 7. The highest BCUT2D eigenvalue weighted by Gasteiger charge is 2.18. The first-order chi connectivity index (χ1) is 10.2. The minimum absolute atomic E-state index is 0.0563. The number of carbonyl (C=O) groups is 1. The number of benzene rings is 1. The Labute approximate surface area is 122 Å². The minimum Gasteiger partial charge on any atom is -0.494 e. The van der Waals surface area contributed by atoms with E-state index in [-0.39, 0.29) is 18.1 Å². The summed E-state index contributed by atoms with van der Waals surface area (Å²) in [7, 11) is 0. The Balaban J connectivity index is 1.82. The van der Waals surface area contributed by atoms with Crippen LogP contribution in [-0.4, -0.2) is 34.2 Å². The quantitative estimate of drug-likeness (QED) is 0.613. The topological polar surface area (TPSA) is 92.3 Å². The number of ether oxygens (including phenoxy) is 2. The van der Waals surface area contributed by atoms with Crippen molar-refractivity contribution in [3.8, 4) is 5.75 Å². The molecule has 0 spiro atoms. The van der Waals surface area contributed by atoms with Crippen molar-refractivity contribution in [2.24, 2.45) is 0 Å². The molecule has 1 heterocycles. The van der Waals surface area contributed by atoms with Gasteiger partial charge in [-0.15, -0.1) is 5.10 Å². The average molecular weight is 290 g/mol. The van der Waals surface area contributed by atoms with Crippen LogP contribution in [-0.2, 0) is 11.3 Å². The molecule has 0 radical (unpaired) electrons. The van der Waals surface area contributed by atoms with Gasteiger partial charge in [-0.1, -0.05) is 23.4 Å². The molecular formula is C14H18N4O3. The van der Waals surface area contributed by atoms with Gasteiger partial charge < -0.3 is 15.2 Å². The van der Waals surface area contributed by atoms with Gasteiger partial charge in [-0.25, -0.2) is 9.48 Å². The maximum atomic E-state index is 11.6. The number of anilines is 1. The number of esters is 1. The molecule has 2 N–H and O–H groups in total. The van der Waals surface area contributed by atoms with E-state index in [0.29, 0.717) is 19.6 Å². The lowest BCUT2D eigenvalue weighted by Gasteiger charge is -2.06. The maximum Gasteiger partial charge on any atom is 0.362 e. The van der Waals surface area contributed by atoms with Gasteiger partial charge in [0.05, 0.1) is 13.2 Å². The summed E-state index contributed by atoms with van der Waals surface area (Å²) in [6.45, 7) is 3.04. The predicted molar refractivity (Wildman–Crippen MR) is 76.9 cm³/mol. The summed E-state index contributed by atoms with van der Waals surface area (Å²) in [6.07, 6.45) is 0.699. The molecule has 0 aliphatic heterocycles. The van der Waals surface area contributed by atoms with Crippen LogP contribution < -0.4 is 10.5 Å². The molecule has 0 unspecified atom stereocenters. The molecule has 0 aliphatic carbocycles. The summed E-state index contributed by atoms with van der Waals surface area (Å²) < 4.78 is 11.9. The Morgan fingerprint density at radius 3 is 2.81 bits per heavy atom. The van der Waals surface area contributed by atoms with E-state index in [4.69, 9.17) is 15.2 Å². The number of hydrogen-bond acceptors (Lipinski definition) is 6. The Hall–Kier alpha value is -2.57. The summed E-state index contributed by atoms with van der Waals surface area (Å²) in [4.78, 5) is 11.6. The van der Waals surface area contributed by atoms with Crippen molar-refractivity contribution in [2.45, 2.75) is 19.9 Å². The van der Waals surface area contributed by atoms with Crippen LogP contribution >= 0.6 is 0 Å². The first-order valence-corrected chi connectivity index (χ1v) is 6.76. The van der Waals surface area contributed by atoms with E-state index in [2.05, 4.69) is 10.3 Å². The third-order valence-electron chi connectivity index (χ3n) is 2.77. The number of hydrogen-bond donors (Lipinski definition) is 1. The summed E-state index contributed by atoms with van der Waals surface area (Å²) in [5, 5.41) is 7.59. The number of nitrogen functional groups attached to an aromatic ring is 1. The number of aromatic nitrogens is 3. The van der Waals surface area contributed by atoms with Crippen LogP contribution in [0.1, 0.15) is 23.8 Å². The number of carbonyl (C=O) groups excluding carboxylic acids is 1. The van der Waals surface area contributed by atoms with Gasteiger partial charge in [-0.2, -0.15) is 0 Å². The van der Waals surface area contributed by atoms with Crippen LogP contribution in [0.25, 0.3) is 0 Å². The van der Waals surface area contributed by atoms with Crippen molar-refractivity contribution < 1.29 is 14.3 Å². The molecule has 0 fully saturated rings. The fraction of sp³-hybridized carbons (Fsp3) is 0.357. The number of nitrogens with two attached hydrogens (primary N) is 1. The van der Waals surface area contributed by atoms with Crippen LogP contribution in [0.15, 0.2) is 30.3 Å². The van der Waals surface area contributed by atoms with Gasteiger partial charge in [-0.05, 0) is 19.1 Å². The minimum atomic E-state index is -0.554. The highest BCUT2D eigenvalue weighted by Crippen LogP contribution is 2.11. The van der Waals surface area contributed by atoms with Crippen molar-refractivity contribution in [3.63, 3.8) is 0 Å². The van der Waals surface area contributed by atoms with E-state index >= 15 is 0 Å². The molecule has 0 amide bonds. The Morgan fingerprint density at radius 1 is 1.33 bits per heavy atom. The van der Waals surface area contributed by atoms with Gasteiger partial charge in [0.25, 0.3) is 0 Å². The number of aryl methyl sites for hydroxylation is 1.